The lowest BCUT2D eigenvalue weighted by atomic mass is 9.65. The molecule has 2 unspecified atom stereocenters. The molecule has 2 aromatic rings. The first-order chi connectivity index (χ1) is 11.1. The van der Waals surface area contributed by atoms with Gasteiger partial charge in [-0.15, -0.1) is 0 Å². The zero-order chi connectivity index (χ0) is 15.9. The summed E-state index contributed by atoms with van der Waals surface area (Å²) in [6, 6.07) is 17.4. The van der Waals surface area contributed by atoms with Crippen LogP contribution in [0.25, 0.3) is 0 Å². The number of nitrogens with zero attached hydrogens (tertiary/aromatic N) is 1. The summed E-state index contributed by atoms with van der Waals surface area (Å²) in [7, 11) is 0. The molecule has 1 aliphatic carbocycles. The van der Waals surface area contributed by atoms with Gasteiger partial charge in [-0.05, 0) is 66.5 Å². The average Bonchev–Trinajstić information content (AvgIpc) is 2.56. The number of phenols is 1. The Balaban J connectivity index is 1.52. The predicted molar refractivity (Wildman–Crippen MR) is 93.9 cm³/mol. The van der Waals surface area contributed by atoms with E-state index in [-0.39, 0.29) is 5.41 Å². The molecule has 0 saturated carbocycles. The van der Waals surface area contributed by atoms with Crippen molar-refractivity contribution in [2.75, 3.05) is 13.1 Å². The van der Waals surface area contributed by atoms with Gasteiger partial charge in [0.05, 0.1) is 0 Å². The van der Waals surface area contributed by atoms with Crippen LogP contribution in [0.5, 0.6) is 5.75 Å². The minimum atomic E-state index is 0.236. The Labute approximate surface area is 138 Å². The van der Waals surface area contributed by atoms with Crippen LogP contribution >= 0.6 is 0 Å². The van der Waals surface area contributed by atoms with Gasteiger partial charge in [0.25, 0.3) is 0 Å². The van der Waals surface area contributed by atoms with Gasteiger partial charge in [0.1, 0.15) is 5.75 Å². The van der Waals surface area contributed by atoms with Crippen molar-refractivity contribution in [2.24, 2.45) is 0 Å². The Morgan fingerprint density at radius 2 is 2.00 bits per heavy atom. The largest absolute Gasteiger partial charge is 0.508 e. The number of aromatic hydroxyl groups is 1. The minimum Gasteiger partial charge on any atom is -0.508 e. The molecule has 2 nitrogen and oxygen atoms in total. The molecule has 2 aromatic carbocycles. The summed E-state index contributed by atoms with van der Waals surface area (Å²) < 4.78 is 0. The zero-order valence-corrected chi connectivity index (χ0v) is 13.8. The molecule has 120 valence electrons. The van der Waals surface area contributed by atoms with Crippen LogP contribution in [0.1, 0.15) is 36.5 Å². The quantitative estimate of drug-likeness (QED) is 0.929. The SMILES string of the molecule is CC12CCN(CCc3ccccc3)C(Cc3ccc(O)cc31)C2. The number of hydrogen-bond acceptors (Lipinski definition) is 2. The Morgan fingerprint density at radius 3 is 2.83 bits per heavy atom. The fraction of sp³-hybridized carbons (Fsp3) is 0.429. The Bertz CT molecular complexity index is 696. The fourth-order valence-electron chi connectivity index (χ4n) is 4.54. The van der Waals surface area contributed by atoms with E-state index in [1.165, 1.54) is 36.1 Å². The van der Waals surface area contributed by atoms with Crippen molar-refractivity contribution in [3.63, 3.8) is 0 Å². The van der Waals surface area contributed by atoms with Gasteiger partial charge >= 0.3 is 0 Å². The second-order valence-electron chi connectivity index (χ2n) is 7.49. The lowest BCUT2D eigenvalue weighted by Crippen LogP contribution is -2.52. The van der Waals surface area contributed by atoms with E-state index < -0.39 is 0 Å². The average molecular weight is 307 g/mol. The van der Waals surface area contributed by atoms with Crippen molar-refractivity contribution in [3.8, 4) is 5.75 Å². The van der Waals surface area contributed by atoms with E-state index in [9.17, 15) is 5.11 Å². The van der Waals surface area contributed by atoms with Crippen LogP contribution in [-0.2, 0) is 18.3 Å². The molecule has 1 aliphatic heterocycles. The van der Waals surface area contributed by atoms with Crippen molar-refractivity contribution in [2.45, 2.75) is 44.1 Å². The van der Waals surface area contributed by atoms with Crippen LogP contribution in [0.4, 0.5) is 0 Å². The summed E-state index contributed by atoms with van der Waals surface area (Å²) in [6.45, 7) is 4.70. The highest BCUT2D eigenvalue weighted by Crippen LogP contribution is 2.45. The molecular weight excluding hydrogens is 282 g/mol. The smallest absolute Gasteiger partial charge is 0.115 e. The molecule has 0 spiro atoms. The van der Waals surface area contributed by atoms with E-state index in [1.54, 1.807) is 0 Å². The van der Waals surface area contributed by atoms with Gasteiger partial charge in [-0.1, -0.05) is 43.3 Å². The van der Waals surface area contributed by atoms with Gasteiger partial charge in [-0.2, -0.15) is 0 Å². The molecule has 1 heterocycles. The highest BCUT2D eigenvalue weighted by atomic mass is 16.3. The topological polar surface area (TPSA) is 23.5 Å². The monoisotopic (exact) mass is 307 g/mol. The normalized spacial score (nSPS) is 26.7. The fourth-order valence-corrected chi connectivity index (χ4v) is 4.54. The van der Waals surface area contributed by atoms with Crippen LogP contribution in [0, 0.1) is 0 Å². The van der Waals surface area contributed by atoms with Gasteiger partial charge in [0.2, 0.25) is 0 Å². The van der Waals surface area contributed by atoms with E-state index in [1.807, 2.05) is 12.1 Å². The summed E-state index contributed by atoms with van der Waals surface area (Å²) in [5.41, 5.74) is 4.49. The molecule has 23 heavy (non-hydrogen) atoms. The van der Waals surface area contributed by atoms with Crippen molar-refractivity contribution < 1.29 is 5.11 Å². The van der Waals surface area contributed by atoms with Gasteiger partial charge < -0.3 is 5.11 Å². The van der Waals surface area contributed by atoms with E-state index in [2.05, 4.69) is 48.2 Å². The summed E-state index contributed by atoms with van der Waals surface area (Å²) in [5, 5.41) is 9.85. The third-order valence-corrected chi connectivity index (χ3v) is 5.88. The predicted octanol–water partition coefficient (Wildman–Crippen LogP) is 3.91. The maximum absolute atomic E-state index is 9.85. The number of fused-ring (bicyclic) bond motifs is 4. The summed E-state index contributed by atoms with van der Waals surface area (Å²) in [4.78, 5) is 2.69. The lowest BCUT2D eigenvalue weighted by Gasteiger charge is -2.50. The van der Waals surface area contributed by atoms with Crippen molar-refractivity contribution in [1.82, 2.24) is 4.90 Å². The third-order valence-electron chi connectivity index (χ3n) is 5.88. The number of hydrogen-bond donors (Lipinski definition) is 1. The molecule has 0 radical (unpaired) electrons. The Kier molecular flexibility index (Phi) is 3.65. The lowest BCUT2D eigenvalue weighted by molar-refractivity contribution is 0.0884. The summed E-state index contributed by atoms with van der Waals surface area (Å²) >= 11 is 0. The van der Waals surface area contributed by atoms with E-state index >= 15 is 0 Å². The van der Waals surface area contributed by atoms with E-state index in [0.717, 1.165) is 19.4 Å². The first-order valence-corrected chi connectivity index (χ1v) is 8.74. The first kappa shape index (κ1) is 14.8. The molecule has 0 aromatic heterocycles. The molecule has 1 saturated heterocycles. The summed E-state index contributed by atoms with van der Waals surface area (Å²) in [5.74, 6) is 0.412. The highest BCUT2D eigenvalue weighted by Gasteiger charge is 2.42. The molecule has 2 heteroatoms. The van der Waals surface area contributed by atoms with Crippen LogP contribution in [0.15, 0.2) is 48.5 Å². The molecule has 1 fully saturated rings. The van der Waals surface area contributed by atoms with Crippen LogP contribution in [0.2, 0.25) is 0 Å². The van der Waals surface area contributed by atoms with E-state index in [0.29, 0.717) is 11.8 Å². The van der Waals surface area contributed by atoms with Gasteiger partial charge in [0, 0.05) is 12.6 Å². The Morgan fingerprint density at radius 1 is 1.17 bits per heavy atom. The van der Waals surface area contributed by atoms with Gasteiger partial charge in [-0.3, -0.25) is 4.90 Å². The van der Waals surface area contributed by atoms with Crippen LogP contribution in [0.3, 0.4) is 0 Å². The number of likely N-dealkylation sites (tertiary alicyclic amines) is 1. The molecule has 1 N–H and O–H groups in total. The minimum absolute atomic E-state index is 0.236. The summed E-state index contributed by atoms with van der Waals surface area (Å²) in [6.07, 6.45) is 4.67. The van der Waals surface area contributed by atoms with Crippen molar-refractivity contribution >= 4 is 0 Å². The van der Waals surface area contributed by atoms with Gasteiger partial charge in [-0.25, -0.2) is 0 Å². The van der Waals surface area contributed by atoms with Crippen molar-refractivity contribution in [3.05, 3.63) is 65.2 Å². The number of rotatable bonds is 3. The highest BCUT2D eigenvalue weighted by molar-refractivity contribution is 5.43. The molecule has 2 aliphatic rings. The van der Waals surface area contributed by atoms with Gasteiger partial charge in [0.15, 0.2) is 0 Å². The molecule has 2 bridgehead atoms. The second kappa shape index (κ2) is 5.68. The van der Waals surface area contributed by atoms with Crippen LogP contribution in [-0.4, -0.2) is 29.1 Å². The zero-order valence-electron chi connectivity index (χ0n) is 13.8. The number of benzene rings is 2. The molecule has 4 rings (SSSR count). The van der Waals surface area contributed by atoms with Crippen molar-refractivity contribution in [1.29, 1.82) is 0 Å². The third kappa shape index (κ3) is 2.76. The Hall–Kier alpha value is -1.80. The molecule has 2 atom stereocenters. The number of piperidine rings is 1. The maximum atomic E-state index is 9.85. The molecule has 0 amide bonds. The maximum Gasteiger partial charge on any atom is 0.115 e. The second-order valence-corrected chi connectivity index (χ2v) is 7.49. The molecular formula is C21H25NO. The van der Waals surface area contributed by atoms with E-state index in [4.69, 9.17) is 0 Å². The van der Waals surface area contributed by atoms with Crippen LogP contribution < -0.4 is 0 Å². The standard InChI is InChI=1S/C21H25NO/c1-21-10-12-22(11-9-16-5-3-2-4-6-16)18(15-21)13-17-7-8-19(23)14-20(17)21/h2-8,14,18,23H,9-13,15H2,1H3. The number of phenolic OH excluding ortho intramolecular Hbond substituents is 1. The first-order valence-electron chi connectivity index (χ1n) is 8.74.